The Labute approximate surface area is 265 Å². The number of hydrogen-bond donors (Lipinski definition) is 0. The number of rotatable bonds is 9. The van der Waals surface area contributed by atoms with Gasteiger partial charge < -0.3 is 4.57 Å². The zero-order valence-electron chi connectivity index (χ0n) is 25.8. The van der Waals surface area contributed by atoms with Gasteiger partial charge in [0, 0.05) is 12.4 Å². The summed E-state index contributed by atoms with van der Waals surface area (Å²) in [6.45, 7) is 5.11. The number of nitrogens with zero attached hydrogens (tertiary/aromatic N) is 2. The van der Waals surface area contributed by atoms with Gasteiger partial charge in [-0.25, -0.2) is 4.98 Å². The van der Waals surface area contributed by atoms with Gasteiger partial charge in [0.2, 0.25) is 6.71 Å². The maximum atomic E-state index is 4.40. The van der Waals surface area contributed by atoms with E-state index in [0.717, 1.165) is 5.82 Å². The van der Waals surface area contributed by atoms with Crippen LogP contribution in [0.1, 0.15) is 49.3 Å². The molecule has 1 aromatic heterocycles. The van der Waals surface area contributed by atoms with Crippen LogP contribution in [0.4, 0.5) is 0 Å². The smallest absolute Gasteiger partial charge is 0.212 e. The van der Waals surface area contributed by atoms with Crippen LogP contribution in [0, 0.1) is 0 Å². The molecule has 1 fully saturated rings. The van der Waals surface area contributed by atoms with E-state index in [1.165, 1.54) is 45.6 Å². The van der Waals surface area contributed by atoms with Crippen LogP contribution in [0.15, 0.2) is 164 Å². The van der Waals surface area contributed by atoms with E-state index in [0.29, 0.717) is 12.6 Å². The van der Waals surface area contributed by atoms with Crippen LogP contribution in [0.5, 0.6) is 0 Å². The highest BCUT2D eigenvalue weighted by Crippen LogP contribution is 2.38. The van der Waals surface area contributed by atoms with Crippen LogP contribution in [0.2, 0.25) is 5.82 Å². The fourth-order valence-electron chi connectivity index (χ4n) is 6.48. The Bertz CT molecular complexity index is 1610. The highest BCUT2D eigenvalue weighted by molar-refractivity contribution is 6.86. The van der Waals surface area contributed by atoms with Gasteiger partial charge in [0.25, 0.3) is 0 Å². The number of hydrogen-bond acceptors (Lipinski definition) is 1. The summed E-state index contributed by atoms with van der Waals surface area (Å²) in [6.07, 6.45) is 8.73. The molecule has 4 heteroatoms. The third-order valence-electron chi connectivity index (χ3n) is 8.97. The van der Waals surface area contributed by atoms with E-state index in [1.807, 2.05) is 12.5 Å². The van der Waals surface area contributed by atoms with E-state index < -0.39 is 9.52 Å². The molecule has 0 bridgehead atoms. The third-order valence-corrected chi connectivity index (χ3v) is 11.5. The lowest BCUT2D eigenvalue weighted by Crippen LogP contribution is -2.46. The summed E-state index contributed by atoms with van der Waals surface area (Å²) in [5, 5.41) is 1.24. The van der Waals surface area contributed by atoms with Crippen molar-refractivity contribution in [2.45, 2.75) is 43.6 Å². The number of benzene rings is 5. The second kappa shape index (κ2) is 13.9. The second-order valence-electron chi connectivity index (χ2n) is 12.3. The molecule has 0 unspecified atom stereocenters. The van der Waals surface area contributed by atoms with Gasteiger partial charge in [0.1, 0.15) is 0 Å². The van der Waals surface area contributed by atoms with Gasteiger partial charge in [0.15, 0.2) is 0 Å². The maximum Gasteiger partial charge on any atom is 0.212 e. The van der Waals surface area contributed by atoms with Crippen LogP contribution < -0.4 is 16.1 Å². The lowest BCUT2D eigenvalue weighted by molar-refractivity contribution is 0.596. The lowest BCUT2D eigenvalue weighted by Gasteiger charge is -2.37. The molecule has 0 saturated heterocycles. The third kappa shape index (κ3) is 6.71. The predicted octanol–water partition coefficient (Wildman–Crippen LogP) is 6.71. The van der Waals surface area contributed by atoms with E-state index in [9.17, 15) is 0 Å². The van der Waals surface area contributed by atoms with Crippen molar-refractivity contribution >= 4 is 32.3 Å². The van der Waals surface area contributed by atoms with Crippen molar-refractivity contribution in [2.75, 3.05) is 0 Å². The Hall–Kier alpha value is -4.41. The van der Waals surface area contributed by atoms with Gasteiger partial charge >= 0.3 is 0 Å². The Kier molecular flexibility index (Phi) is 9.38. The Morgan fingerprint density at radius 1 is 0.659 bits per heavy atom. The first-order valence-electron chi connectivity index (χ1n) is 15.9. The summed E-state index contributed by atoms with van der Waals surface area (Å²) >= 11 is 0. The summed E-state index contributed by atoms with van der Waals surface area (Å²) in [5.41, 5.74) is 6.97. The van der Waals surface area contributed by atoms with E-state index in [4.69, 9.17) is 0 Å². The van der Waals surface area contributed by atoms with Gasteiger partial charge in [-0.05, 0) is 22.6 Å². The summed E-state index contributed by atoms with van der Waals surface area (Å²) in [5.74, 6) is 1.42. The minimum absolute atomic E-state index is 0.210. The van der Waals surface area contributed by atoms with Crippen molar-refractivity contribution in [2.24, 2.45) is 0 Å². The lowest BCUT2D eigenvalue weighted by atomic mass is 9.37. The summed E-state index contributed by atoms with van der Waals surface area (Å²) in [7, 11) is -0.787. The van der Waals surface area contributed by atoms with Crippen LogP contribution >= 0.6 is 0 Å². The quantitative estimate of drug-likeness (QED) is 0.172. The molecule has 44 heavy (non-hydrogen) atoms. The van der Waals surface area contributed by atoms with E-state index in [1.54, 1.807) is 0 Å². The number of imidazole rings is 1. The van der Waals surface area contributed by atoms with Crippen LogP contribution in [-0.4, -0.2) is 25.8 Å². The van der Waals surface area contributed by atoms with Gasteiger partial charge in [-0.3, -0.25) is 0 Å². The summed E-state index contributed by atoms with van der Waals surface area (Å²) in [4.78, 5) is 4.40. The highest BCUT2D eigenvalue weighted by atomic mass is 28.2. The van der Waals surface area contributed by atoms with Crippen molar-refractivity contribution in [3.8, 4) is 0 Å². The molecule has 0 spiro atoms. The average molecular weight is 589 g/mol. The van der Waals surface area contributed by atoms with Gasteiger partial charge in [-0.1, -0.05) is 194 Å². The SMILES string of the molecule is CC(C)c1ccc([SiH2]C(c2ccccc2)(c2ccccc2)n2ccnc2)cc1.c1ccc(B(c2ccccc2)C2CC2)cc1. The Morgan fingerprint density at radius 3 is 1.55 bits per heavy atom. The van der Waals surface area contributed by atoms with E-state index in [2.05, 4.69) is 175 Å². The molecule has 1 aliphatic carbocycles. The topological polar surface area (TPSA) is 17.8 Å². The van der Waals surface area contributed by atoms with Crippen molar-refractivity contribution in [1.82, 2.24) is 9.55 Å². The Balaban J connectivity index is 0.000000181. The normalized spacial score (nSPS) is 13.1. The first kappa shape index (κ1) is 29.7. The molecule has 1 saturated carbocycles. The highest BCUT2D eigenvalue weighted by Gasteiger charge is 2.37. The fraction of sp³-hybridized carbons (Fsp3) is 0.175. The molecular formula is C40H41BN2Si. The van der Waals surface area contributed by atoms with Crippen LogP contribution in [0.25, 0.3) is 0 Å². The molecule has 0 amide bonds. The van der Waals surface area contributed by atoms with Crippen LogP contribution in [0.3, 0.4) is 0 Å². The molecule has 0 atom stereocenters. The predicted molar refractivity (Wildman–Crippen MR) is 191 cm³/mol. The zero-order valence-corrected chi connectivity index (χ0v) is 27.3. The average Bonchev–Trinajstić information content (AvgIpc) is 3.76. The molecule has 218 valence electrons. The zero-order chi connectivity index (χ0) is 30.2. The van der Waals surface area contributed by atoms with Gasteiger partial charge in [-0.15, -0.1) is 0 Å². The molecule has 1 heterocycles. The largest absolute Gasteiger partial charge is 0.326 e. The minimum atomic E-state index is -0.787. The molecule has 0 N–H and O–H groups in total. The van der Waals surface area contributed by atoms with Crippen molar-refractivity contribution in [3.05, 3.63) is 181 Å². The molecule has 6 aromatic rings. The maximum absolute atomic E-state index is 4.40. The summed E-state index contributed by atoms with van der Waals surface area (Å²) < 4.78 is 2.31. The monoisotopic (exact) mass is 588 g/mol. The first-order chi connectivity index (χ1) is 21.6. The van der Waals surface area contributed by atoms with Crippen LogP contribution in [-0.2, 0) is 5.16 Å². The molecule has 0 radical (unpaired) electrons. The molecule has 2 nitrogen and oxygen atoms in total. The van der Waals surface area contributed by atoms with Gasteiger partial charge in [-0.2, -0.15) is 0 Å². The van der Waals surface area contributed by atoms with Crippen molar-refractivity contribution in [1.29, 1.82) is 0 Å². The van der Waals surface area contributed by atoms with E-state index >= 15 is 0 Å². The molecular weight excluding hydrogens is 547 g/mol. The second-order valence-corrected chi connectivity index (χ2v) is 14.5. The fourth-order valence-corrected chi connectivity index (χ4v) is 8.79. The Morgan fingerprint density at radius 2 is 1.14 bits per heavy atom. The van der Waals surface area contributed by atoms with E-state index in [-0.39, 0.29) is 5.16 Å². The molecule has 1 aliphatic rings. The first-order valence-corrected chi connectivity index (χ1v) is 17.3. The number of aromatic nitrogens is 2. The molecule has 0 aliphatic heterocycles. The standard InChI is InChI=1S/C25H26N2Si.C15H15B/c1-20(2)21-13-15-24(16-14-21)28-25(27-18-17-26-19-27,22-9-5-3-6-10-22)23-11-7-4-8-12-23;1-3-7-13(8-4-1)16(15-11-12-15)14-9-5-2-6-10-14/h3-20H,28H2,1-2H3;1-10,15H,11-12H2. The van der Waals surface area contributed by atoms with Gasteiger partial charge in [0.05, 0.1) is 21.0 Å². The molecule has 7 rings (SSSR count). The minimum Gasteiger partial charge on any atom is -0.326 e. The summed E-state index contributed by atoms with van der Waals surface area (Å²) in [6, 6.07) is 52.8. The molecule has 5 aromatic carbocycles. The van der Waals surface area contributed by atoms with Crippen molar-refractivity contribution < 1.29 is 0 Å². The van der Waals surface area contributed by atoms with Crippen molar-refractivity contribution in [3.63, 3.8) is 0 Å².